The van der Waals surface area contributed by atoms with Crippen LogP contribution in [-0.4, -0.2) is 75.6 Å². The Hall–Kier alpha value is -3.59. The molecule has 2 aromatic heterocycles. The Kier molecular flexibility index (Phi) is 5.80. The van der Waals surface area contributed by atoms with Gasteiger partial charge >= 0.3 is 0 Å². The Morgan fingerprint density at radius 1 is 1.03 bits per heavy atom. The van der Waals surface area contributed by atoms with Gasteiger partial charge in [-0.3, -0.25) is 14.6 Å². The lowest BCUT2D eigenvalue weighted by Gasteiger charge is -2.36. The van der Waals surface area contributed by atoms with Gasteiger partial charge in [-0.05, 0) is 18.2 Å². The zero-order valence-corrected chi connectivity index (χ0v) is 16.3. The first-order valence-corrected chi connectivity index (χ1v) is 9.73. The van der Waals surface area contributed by atoms with E-state index < -0.39 is 18.6 Å². The topological polar surface area (TPSA) is 112 Å². The van der Waals surface area contributed by atoms with Gasteiger partial charge in [0.1, 0.15) is 6.04 Å². The number of piperazine rings is 1. The minimum atomic E-state index is -1.01. The number of rotatable bonds is 5. The van der Waals surface area contributed by atoms with Gasteiger partial charge in [0.15, 0.2) is 0 Å². The number of nitrogens with one attached hydrogen (secondary N) is 1. The third kappa shape index (κ3) is 4.20. The smallest absolute Gasteiger partial charge is 0.253 e. The van der Waals surface area contributed by atoms with Crippen LogP contribution in [-0.2, 0) is 4.79 Å². The molecule has 1 unspecified atom stereocenters. The van der Waals surface area contributed by atoms with E-state index in [1.165, 1.54) is 6.20 Å². The number of carbonyl (C=O) groups is 2. The Morgan fingerprint density at radius 2 is 1.77 bits per heavy atom. The van der Waals surface area contributed by atoms with Crippen molar-refractivity contribution in [3.63, 3.8) is 0 Å². The molecule has 1 aromatic carbocycles. The highest BCUT2D eigenvalue weighted by Crippen LogP contribution is 2.14. The monoisotopic (exact) mass is 406 g/mol. The third-order valence-corrected chi connectivity index (χ3v) is 5.06. The normalized spacial score (nSPS) is 15.1. The summed E-state index contributed by atoms with van der Waals surface area (Å²) in [5.41, 5.74) is 1.12. The van der Waals surface area contributed by atoms with Crippen molar-refractivity contribution in [3.05, 3.63) is 60.6 Å². The molecule has 1 aliphatic rings. The quantitative estimate of drug-likeness (QED) is 0.633. The van der Waals surface area contributed by atoms with E-state index in [0.717, 1.165) is 10.9 Å². The maximum absolute atomic E-state index is 12.8. The highest BCUT2D eigenvalue weighted by Gasteiger charge is 2.29. The number of aliphatic hydroxyl groups excluding tert-OH is 1. The molecule has 9 heteroatoms. The van der Waals surface area contributed by atoms with E-state index in [2.05, 4.69) is 20.3 Å². The summed E-state index contributed by atoms with van der Waals surface area (Å²) in [5, 5.41) is 13.2. The van der Waals surface area contributed by atoms with Gasteiger partial charge in [-0.15, -0.1) is 0 Å². The van der Waals surface area contributed by atoms with Crippen molar-refractivity contribution in [2.24, 2.45) is 0 Å². The molecule has 0 bridgehead atoms. The number of anilines is 1. The summed E-state index contributed by atoms with van der Waals surface area (Å²) in [4.78, 5) is 41.8. The Bertz CT molecular complexity index is 1040. The minimum Gasteiger partial charge on any atom is -0.394 e. The van der Waals surface area contributed by atoms with Crippen LogP contribution in [0.1, 0.15) is 10.4 Å². The number of pyridine rings is 1. The molecule has 2 amide bonds. The molecule has 1 fully saturated rings. The van der Waals surface area contributed by atoms with Crippen molar-refractivity contribution in [1.29, 1.82) is 0 Å². The zero-order valence-electron chi connectivity index (χ0n) is 16.3. The fourth-order valence-corrected chi connectivity index (χ4v) is 3.42. The molecular formula is C21H22N6O3. The number of carbonyl (C=O) groups excluding carboxylic acids is 2. The number of nitrogens with zero attached hydrogens (tertiary/aromatic N) is 5. The van der Waals surface area contributed by atoms with Crippen LogP contribution in [0.15, 0.2) is 55.0 Å². The second kappa shape index (κ2) is 8.83. The largest absolute Gasteiger partial charge is 0.394 e. The van der Waals surface area contributed by atoms with Gasteiger partial charge in [-0.1, -0.05) is 18.2 Å². The number of fused-ring (bicyclic) bond motifs is 1. The molecule has 1 atom stereocenters. The van der Waals surface area contributed by atoms with Crippen LogP contribution in [0.5, 0.6) is 0 Å². The molecule has 0 radical (unpaired) electrons. The minimum absolute atomic E-state index is 0.312. The van der Waals surface area contributed by atoms with Crippen molar-refractivity contribution in [3.8, 4) is 0 Å². The van der Waals surface area contributed by atoms with Crippen LogP contribution in [0.2, 0.25) is 0 Å². The summed E-state index contributed by atoms with van der Waals surface area (Å²) in [7, 11) is 0. The number of para-hydroxylation sites is 1. The first-order chi connectivity index (χ1) is 14.7. The highest BCUT2D eigenvalue weighted by atomic mass is 16.3. The molecule has 154 valence electrons. The van der Waals surface area contributed by atoms with Crippen LogP contribution in [0.25, 0.3) is 10.9 Å². The van der Waals surface area contributed by atoms with E-state index in [4.69, 9.17) is 0 Å². The fourth-order valence-electron chi connectivity index (χ4n) is 3.42. The Balaban J connectivity index is 1.38. The highest BCUT2D eigenvalue weighted by molar-refractivity contribution is 5.99. The first-order valence-electron chi connectivity index (χ1n) is 9.73. The van der Waals surface area contributed by atoms with Gasteiger partial charge < -0.3 is 20.2 Å². The van der Waals surface area contributed by atoms with Crippen LogP contribution < -0.4 is 10.2 Å². The van der Waals surface area contributed by atoms with Crippen molar-refractivity contribution in [1.82, 2.24) is 25.2 Å². The summed E-state index contributed by atoms with van der Waals surface area (Å²) in [6.45, 7) is 1.60. The SMILES string of the molecule is O=C(NC(CO)C(=O)N1CCN(c2ncccn2)CC1)c1cnc2ccccc2c1. The van der Waals surface area contributed by atoms with Crippen molar-refractivity contribution in [2.45, 2.75) is 6.04 Å². The second-order valence-electron chi connectivity index (χ2n) is 6.99. The molecule has 3 aromatic rings. The standard InChI is InChI=1S/C21H22N6O3/c28-14-18(25-19(29)16-12-15-4-1-2-5-17(15)24-13-16)20(30)26-8-10-27(11-9-26)21-22-6-3-7-23-21/h1-7,12-13,18,28H,8-11,14H2,(H,25,29). The molecule has 1 saturated heterocycles. The number of hydrogen-bond donors (Lipinski definition) is 2. The molecule has 0 saturated carbocycles. The number of aromatic nitrogens is 3. The summed E-state index contributed by atoms with van der Waals surface area (Å²) in [6.07, 6.45) is 4.83. The molecule has 3 heterocycles. The summed E-state index contributed by atoms with van der Waals surface area (Å²) < 4.78 is 0. The van der Waals surface area contributed by atoms with Gasteiger partial charge in [-0.2, -0.15) is 0 Å². The lowest BCUT2D eigenvalue weighted by atomic mass is 10.1. The van der Waals surface area contributed by atoms with Gasteiger partial charge in [0.2, 0.25) is 11.9 Å². The van der Waals surface area contributed by atoms with Gasteiger partial charge in [-0.25, -0.2) is 9.97 Å². The molecule has 9 nitrogen and oxygen atoms in total. The van der Waals surface area contributed by atoms with Gasteiger partial charge in [0, 0.05) is 50.2 Å². The summed E-state index contributed by atoms with van der Waals surface area (Å²) >= 11 is 0. The predicted octanol–water partition coefficient (Wildman–Crippen LogP) is 0.464. The second-order valence-corrected chi connectivity index (χ2v) is 6.99. The molecule has 0 aliphatic carbocycles. The number of benzene rings is 1. The molecular weight excluding hydrogens is 384 g/mol. The Labute approximate surface area is 173 Å². The zero-order chi connectivity index (χ0) is 20.9. The fraction of sp³-hybridized carbons (Fsp3) is 0.286. The van der Waals surface area contributed by atoms with Crippen LogP contribution in [0.3, 0.4) is 0 Å². The average Bonchev–Trinajstić information content (AvgIpc) is 2.82. The lowest BCUT2D eigenvalue weighted by molar-refractivity contribution is -0.134. The predicted molar refractivity (Wildman–Crippen MR) is 111 cm³/mol. The van der Waals surface area contributed by atoms with E-state index in [1.807, 2.05) is 29.2 Å². The van der Waals surface area contributed by atoms with E-state index in [1.54, 1.807) is 29.4 Å². The summed E-state index contributed by atoms with van der Waals surface area (Å²) in [5.74, 6) is -0.134. The Morgan fingerprint density at radius 3 is 2.50 bits per heavy atom. The molecule has 1 aliphatic heterocycles. The van der Waals surface area contributed by atoms with Gasteiger partial charge in [0.25, 0.3) is 5.91 Å². The van der Waals surface area contributed by atoms with Crippen molar-refractivity contribution in [2.75, 3.05) is 37.7 Å². The van der Waals surface area contributed by atoms with E-state index in [9.17, 15) is 14.7 Å². The van der Waals surface area contributed by atoms with Gasteiger partial charge in [0.05, 0.1) is 17.7 Å². The maximum Gasteiger partial charge on any atom is 0.253 e. The third-order valence-electron chi connectivity index (χ3n) is 5.06. The molecule has 0 spiro atoms. The molecule has 30 heavy (non-hydrogen) atoms. The van der Waals surface area contributed by atoms with Crippen LogP contribution >= 0.6 is 0 Å². The van der Waals surface area contributed by atoms with E-state index in [0.29, 0.717) is 37.7 Å². The first kappa shape index (κ1) is 19.7. The average molecular weight is 406 g/mol. The maximum atomic E-state index is 12.8. The van der Waals surface area contributed by atoms with Crippen molar-refractivity contribution < 1.29 is 14.7 Å². The molecule has 2 N–H and O–H groups in total. The van der Waals surface area contributed by atoms with Crippen molar-refractivity contribution >= 4 is 28.7 Å². The number of hydrogen-bond acceptors (Lipinski definition) is 7. The van der Waals surface area contributed by atoms with Crippen LogP contribution in [0.4, 0.5) is 5.95 Å². The van der Waals surface area contributed by atoms with E-state index >= 15 is 0 Å². The number of aliphatic hydroxyl groups is 1. The number of amides is 2. The summed E-state index contributed by atoms with van der Waals surface area (Å²) in [6, 6.07) is 9.92. The van der Waals surface area contributed by atoms with E-state index in [-0.39, 0.29) is 5.91 Å². The lowest BCUT2D eigenvalue weighted by Crippen LogP contribution is -2.56. The van der Waals surface area contributed by atoms with Crippen LogP contribution in [0, 0.1) is 0 Å². The molecule has 4 rings (SSSR count).